The maximum absolute atomic E-state index is 11.8. The van der Waals surface area contributed by atoms with Crippen LogP contribution in [0.5, 0.6) is 0 Å². The highest BCUT2D eigenvalue weighted by atomic mass is 16.3. The van der Waals surface area contributed by atoms with Crippen LogP contribution in [-0.4, -0.2) is 47.6 Å². The molecule has 1 aromatic rings. The van der Waals surface area contributed by atoms with Gasteiger partial charge in [-0.3, -0.25) is 9.59 Å². The molecule has 20 heavy (non-hydrogen) atoms. The number of hydrogen-bond acceptors (Lipinski definition) is 3. The molecule has 2 rings (SSSR count). The second-order valence-corrected chi connectivity index (χ2v) is 5.04. The average Bonchev–Trinajstić information content (AvgIpc) is 2.86. The number of likely N-dealkylation sites (tertiary alicyclic amines) is 1. The van der Waals surface area contributed by atoms with Gasteiger partial charge in [0.05, 0.1) is 12.5 Å². The highest BCUT2D eigenvalue weighted by Gasteiger charge is 2.23. The van der Waals surface area contributed by atoms with Crippen LogP contribution in [-0.2, 0) is 16.0 Å². The SMILES string of the molecule is O=C(Cc1ccccc1)NCCC(=O)N1CC[C@H](O)C1. The quantitative estimate of drug-likeness (QED) is 0.814. The third-order valence-electron chi connectivity index (χ3n) is 3.38. The molecule has 0 saturated carbocycles. The van der Waals surface area contributed by atoms with E-state index < -0.39 is 6.10 Å². The van der Waals surface area contributed by atoms with Crippen LogP contribution in [0.25, 0.3) is 0 Å². The minimum Gasteiger partial charge on any atom is -0.391 e. The van der Waals surface area contributed by atoms with E-state index in [0.717, 1.165) is 5.56 Å². The van der Waals surface area contributed by atoms with E-state index >= 15 is 0 Å². The van der Waals surface area contributed by atoms with E-state index in [0.29, 0.717) is 32.5 Å². The van der Waals surface area contributed by atoms with Crippen molar-refractivity contribution < 1.29 is 14.7 Å². The number of hydrogen-bond donors (Lipinski definition) is 2. The van der Waals surface area contributed by atoms with Gasteiger partial charge in [0.2, 0.25) is 11.8 Å². The molecule has 1 heterocycles. The van der Waals surface area contributed by atoms with Gasteiger partial charge in [0.15, 0.2) is 0 Å². The van der Waals surface area contributed by atoms with Crippen molar-refractivity contribution in [3.8, 4) is 0 Å². The molecule has 2 N–H and O–H groups in total. The smallest absolute Gasteiger partial charge is 0.224 e. The highest BCUT2D eigenvalue weighted by Crippen LogP contribution is 2.09. The summed E-state index contributed by atoms with van der Waals surface area (Å²) in [7, 11) is 0. The lowest BCUT2D eigenvalue weighted by atomic mass is 10.1. The number of carbonyl (C=O) groups is 2. The van der Waals surface area contributed by atoms with Crippen LogP contribution in [0, 0.1) is 0 Å². The van der Waals surface area contributed by atoms with E-state index in [1.807, 2.05) is 30.3 Å². The third-order valence-corrected chi connectivity index (χ3v) is 3.38. The van der Waals surface area contributed by atoms with Gasteiger partial charge in [-0.2, -0.15) is 0 Å². The number of carbonyl (C=O) groups excluding carboxylic acids is 2. The molecule has 1 aliphatic rings. The van der Waals surface area contributed by atoms with Crippen LogP contribution in [0.1, 0.15) is 18.4 Å². The van der Waals surface area contributed by atoms with Gasteiger partial charge in [-0.1, -0.05) is 30.3 Å². The third kappa shape index (κ3) is 4.35. The first-order chi connectivity index (χ1) is 9.65. The Labute approximate surface area is 118 Å². The fourth-order valence-corrected chi connectivity index (χ4v) is 2.28. The van der Waals surface area contributed by atoms with Crippen molar-refractivity contribution in [2.24, 2.45) is 0 Å². The van der Waals surface area contributed by atoms with Crippen LogP contribution < -0.4 is 5.32 Å². The summed E-state index contributed by atoms with van der Waals surface area (Å²) in [5.74, 6) is -0.0907. The summed E-state index contributed by atoms with van der Waals surface area (Å²) in [5, 5.41) is 12.1. The van der Waals surface area contributed by atoms with Gasteiger partial charge in [-0.15, -0.1) is 0 Å². The van der Waals surface area contributed by atoms with Gasteiger partial charge in [0.25, 0.3) is 0 Å². The van der Waals surface area contributed by atoms with Crippen molar-refractivity contribution in [1.82, 2.24) is 10.2 Å². The zero-order valence-electron chi connectivity index (χ0n) is 11.4. The van der Waals surface area contributed by atoms with Crippen molar-refractivity contribution in [1.29, 1.82) is 0 Å². The summed E-state index contributed by atoms with van der Waals surface area (Å²) < 4.78 is 0. The van der Waals surface area contributed by atoms with Gasteiger partial charge in [0, 0.05) is 26.1 Å². The molecule has 1 fully saturated rings. The molecule has 5 nitrogen and oxygen atoms in total. The number of nitrogens with zero attached hydrogens (tertiary/aromatic N) is 1. The summed E-state index contributed by atoms with van der Waals surface area (Å²) in [6.45, 7) is 1.37. The standard InChI is InChI=1S/C15H20N2O3/c18-13-7-9-17(11-13)15(20)6-8-16-14(19)10-12-4-2-1-3-5-12/h1-5,13,18H,6-11H2,(H,16,19)/t13-/m0/s1. The maximum Gasteiger partial charge on any atom is 0.224 e. The van der Waals surface area contributed by atoms with E-state index in [2.05, 4.69) is 5.32 Å². The predicted octanol–water partition coefficient (Wildman–Crippen LogP) is 0.329. The Morgan fingerprint density at radius 3 is 2.70 bits per heavy atom. The van der Waals surface area contributed by atoms with Gasteiger partial charge in [0.1, 0.15) is 0 Å². The number of rotatable bonds is 5. The zero-order chi connectivity index (χ0) is 14.4. The zero-order valence-corrected chi connectivity index (χ0v) is 11.4. The van der Waals surface area contributed by atoms with Crippen LogP contribution in [0.15, 0.2) is 30.3 Å². The molecule has 0 aromatic heterocycles. The maximum atomic E-state index is 11.8. The number of aliphatic hydroxyl groups excluding tert-OH is 1. The molecule has 0 radical (unpaired) electrons. The molecule has 5 heteroatoms. The molecule has 2 amide bonds. The summed E-state index contributed by atoms with van der Waals surface area (Å²) in [5.41, 5.74) is 0.957. The largest absolute Gasteiger partial charge is 0.391 e. The normalized spacial score (nSPS) is 18.1. The lowest BCUT2D eigenvalue weighted by molar-refractivity contribution is -0.130. The highest BCUT2D eigenvalue weighted by molar-refractivity contribution is 5.80. The minimum atomic E-state index is -0.397. The molecular formula is C15H20N2O3. The molecule has 0 aliphatic carbocycles. The van der Waals surface area contributed by atoms with E-state index in [-0.39, 0.29) is 18.2 Å². The fraction of sp³-hybridized carbons (Fsp3) is 0.467. The first kappa shape index (κ1) is 14.5. The summed E-state index contributed by atoms with van der Waals surface area (Å²) in [4.78, 5) is 25.1. The summed E-state index contributed by atoms with van der Waals surface area (Å²) >= 11 is 0. The molecule has 1 saturated heterocycles. The minimum absolute atomic E-state index is 0.0124. The predicted molar refractivity (Wildman–Crippen MR) is 75.0 cm³/mol. The van der Waals surface area contributed by atoms with Gasteiger partial charge in [-0.25, -0.2) is 0 Å². The number of amides is 2. The molecule has 1 aliphatic heterocycles. The molecule has 0 unspecified atom stereocenters. The Kier molecular flexibility index (Phi) is 5.12. The fourth-order valence-electron chi connectivity index (χ4n) is 2.28. The number of benzene rings is 1. The summed E-state index contributed by atoms with van der Waals surface area (Å²) in [6.07, 6.45) is 0.864. The van der Waals surface area contributed by atoms with Crippen molar-refractivity contribution in [3.05, 3.63) is 35.9 Å². The Bertz CT molecular complexity index is 461. The monoisotopic (exact) mass is 276 g/mol. The van der Waals surface area contributed by atoms with Gasteiger partial charge < -0.3 is 15.3 Å². The first-order valence-corrected chi connectivity index (χ1v) is 6.91. The number of β-amino-alcohol motifs (C(OH)–C–C–N with tert-alkyl or cyclic N) is 1. The Morgan fingerprint density at radius 2 is 2.05 bits per heavy atom. The number of aliphatic hydroxyl groups is 1. The van der Waals surface area contributed by atoms with Crippen LogP contribution in [0.4, 0.5) is 0 Å². The second kappa shape index (κ2) is 7.05. The molecule has 0 spiro atoms. The molecular weight excluding hydrogens is 256 g/mol. The Hall–Kier alpha value is -1.88. The molecule has 0 bridgehead atoms. The van der Waals surface area contributed by atoms with Crippen LogP contribution in [0.3, 0.4) is 0 Å². The van der Waals surface area contributed by atoms with Crippen LogP contribution >= 0.6 is 0 Å². The van der Waals surface area contributed by atoms with Gasteiger partial charge in [-0.05, 0) is 12.0 Å². The lowest BCUT2D eigenvalue weighted by Gasteiger charge is -2.15. The lowest BCUT2D eigenvalue weighted by Crippen LogP contribution is -2.34. The molecule has 1 atom stereocenters. The van der Waals surface area contributed by atoms with Crippen molar-refractivity contribution >= 4 is 11.8 Å². The molecule has 108 valence electrons. The second-order valence-electron chi connectivity index (χ2n) is 5.04. The van der Waals surface area contributed by atoms with Crippen molar-refractivity contribution in [2.45, 2.75) is 25.4 Å². The van der Waals surface area contributed by atoms with E-state index in [1.165, 1.54) is 0 Å². The van der Waals surface area contributed by atoms with E-state index in [1.54, 1.807) is 4.90 Å². The van der Waals surface area contributed by atoms with E-state index in [4.69, 9.17) is 0 Å². The molecule has 1 aromatic carbocycles. The first-order valence-electron chi connectivity index (χ1n) is 6.91. The Balaban J connectivity index is 1.65. The summed E-state index contributed by atoms with van der Waals surface area (Å²) in [6, 6.07) is 9.49. The van der Waals surface area contributed by atoms with E-state index in [9.17, 15) is 14.7 Å². The number of nitrogens with one attached hydrogen (secondary N) is 1. The van der Waals surface area contributed by atoms with Crippen molar-refractivity contribution in [2.75, 3.05) is 19.6 Å². The van der Waals surface area contributed by atoms with Gasteiger partial charge >= 0.3 is 0 Å². The Morgan fingerprint density at radius 1 is 1.30 bits per heavy atom. The topological polar surface area (TPSA) is 69.6 Å². The average molecular weight is 276 g/mol. The van der Waals surface area contributed by atoms with Crippen LogP contribution in [0.2, 0.25) is 0 Å². The van der Waals surface area contributed by atoms with Crippen molar-refractivity contribution in [3.63, 3.8) is 0 Å².